The summed E-state index contributed by atoms with van der Waals surface area (Å²) in [6, 6.07) is 25.2. The standard InChI is InChI=1S/C22H15Cl2NO/c23-17-8-6-15(7-9-17)14-25-20-13-22(16-4-2-1-3-5-16)26-21-11-10-18(24)12-19(20)21/h1-13H,14H2. The Kier molecular flexibility index (Phi) is 4.79. The molecule has 1 heterocycles. The summed E-state index contributed by atoms with van der Waals surface area (Å²) < 4.78 is 6.08. The van der Waals surface area contributed by atoms with Crippen molar-refractivity contribution < 1.29 is 4.42 Å². The number of halogens is 2. The average molecular weight is 380 g/mol. The smallest absolute Gasteiger partial charge is 0.136 e. The van der Waals surface area contributed by atoms with Gasteiger partial charge < -0.3 is 4.42 Å². The third-order valence-corrected chi connectivity index (χ3v) is 4.60. The van der Waals surface area contributed by atoms with Gasteiger partial charge in [0.1, 0.15) is 11.3 Å². The molecule has 0 N–H and O–H groups in total. The maximum Gasteiger partial charge on any atom is 0.136 e. The molecule has 0 aliphatic carbocycles. The largest absolute Gasteiger partial charge is 0.456 e. The van der Waals surface area contributed by atoms with E-state index in [1.54, 1.807) is 0 Å². The summed E-state index contributed by atoms with van der Waals surface area (Å²) in [7, 11) is 0. The lowest BCUT2D eigenvalue weighted by Crippen LogP contribution is -2.04. The molecule has 4 heteroatoms. The van der Waals surface area contributed by atoms with Crippen LogP contribution in [0.5, 0.6) is 0 Å². The van der Waals surface area contributed by atoms with Crippen LogP contribution in [0.3, 0.4) is 0 Å². The number of fused-ring (bicyclic) bond motifs is 1. The molecule has 0 spiro atoms. The highest BCUT2D eigenvalue weighted by molar-refractivity contribution is 6.31. The van der Waals surface area contributed by atoms with Crippen LogP contribution in [0, 0.1) is 0 Å². The molecule has 128 valence electrons. The molecule has 0 unspecified atom stereocenters. The Morgan fingerprint density at radius 3 is 2.27 bits per heavy atom. The predicted octanol–water partition coefficient (Wildman–Crippen LogP) is 6.51. The highest BCUT2D eigenvalue weighted by Crippen LogP contribution is 2.24. The van der Waals surface area contributed by atoms with E-state index in [4.69, 9.17) is 32.6 Å². The first-order valence-corrected chi connectivity index (χ1v) is 8.98. The van der Waals surface area contributed by atoms with Crippen molar-refractivity contribution in [3.05, 3.63) is 99.8 Å². The number of rotatable bonds is 3. The molecule has 26 heavy (non-hydrogen) atoms. The molecule has 0 bridgehead atoms. The Hall–Kier alpha value is -2.55. The normalized spacial score (nSPS) is 11.8. The molecule has 0 saturated carbocycles. The Balaban J connectivity index is 1.86. The second-order valence-corrected chi connectivity index (χ2v) is 6.82. The predicted molar refractivity (Wildman–Crippen MR) is 107 cm³/mol. The van der Waals surface area contributed by atoms with Crippen molar-refractivity contribution in [1.82, 2.24) is 0 Å². The van der Waals surface area contributed by atoms with Gasteiger partial charge in [0.05, 0.1) is 11.9 Å². The minimum atomic E-state index is 0.553. The van der Waals surface area contributed by atoms with Crippen molar-refractivity contribution in [2.24, 2.45) is 4.99 Å². The van der Waals surface area contributed by atoms with Gasteiger partial charge in [0, 0.05) is 27.1 Å². The maximum absolute atomic E-state index is 6.18. The van der Waals surface area contributed by atoms with Crippen LogP contribution in [0.25, 0.3) is 22.3 Å². The molecule has 0 fully saturated rings. The molecule has 0 aliphatic rings. The molecule has 0 aliphatic heterocycles. The van der Waals surface area contributed by atoms with E-state index in [9.17, 15) is 0 Å². The van der Waals surface area contributed by atoms with Crippen LogP contribution in [0.15, 0.2) is 88.3 Å². The van der Waals surface area contributed by atoms with Gasteiger partial charge in [-0.3, -0.25) is 4.99 Å². The maximum atomic E-state index is 6.18. The first-order valence-electron chi connectivity index (χ1n) is 8.23. The monoisotopic (exact) mass is 379 g/mol. The summed E-state index contributed by atoms with van der Waals surface area (Å²) in [4.78, 5) is 4.80. The van der Waals surface area contributed by atoms with E-state index in [1.807, 2.05) is 78.9 Å². The van der Waals surface area contributed by atoms with Crippen LogP contribution in [-0.2, 0) is 6.54 Å². The van der Waals surface area contributed by atoms with Crippen LogP contribution in [0.1, 0.15) is 5.56 Å². The van der Waals surface area contributed by atoms with E-state index in [1.165, 1.54) is 0 Å². The van der Waals surface area contributed by atoms with Gasteiger partial charge in [0.2, 0.25) is 0 Å². The molecule has 2 nitrogen and oxygen atoms in total. The van der Waals surface area contributed by atoms with E-state index in [0.29, 0.717) is 11.6 Å². The molecular weight excluding hydrogens is 365 g/mol. The van der Waals surface area contributed by atoms with Crippen LogP contribution in [0.4, 0.5) is 0 Å². The van der Waals surface area contributed by atoms with Gasteiger partial charge >= 0.3 is 0 Å². The van der Waals surface area contributed by atoms with Crippen molar-refractivity contribution in [2.45, 2.75) is 6.54 Å². The van der Waals surface area contributed by atoms with Gasteiger partial charge in [-0.05, 0) is 35.9 Å². The van der Waals surface area contributed by atoms with Crippen LogP contribution >= 0.6 is 23.2 Å². The Bertz CT molecular complexity index is 1120. The van der Waals surface area contributed by atoms with Crippen molar-refractivity contribution >= 4 is 34.2 Å². The topological polar surface area (TPSA) is 25.5 Å². The van der Waals surface area contributed by atoms with Gasteiger partial charge in [-0.1, -0.05) is 65.7 Å². The quantitative estimate of drug-likeness (QED) is 0.398. The lowest BCUT2D eigenvalue weighted by atomic mass is 10.1. The number of nitrogens with zero attached hydrogens (tertiary/aromatic N) is 1. The minimum absolute atomic E-state index is 0.553. The van der Waals surface area contributed by atoms with Crippen molar-refractivity contribution in [3.63, 3.8) is 0 Å². The van der Waals surface area contributed by atoms with Gasteiger partial charge in [-0.25, -0.2) is 0 Å². The summed E-state index contributed by atoms with van der Waals surface area (Å²) in [5, 5.41) is 3.12. The van der Waals surface area contributed by atoms with Gasteiger partial charge in [-0.15, -0.1) is 0 Å². The molecule has 3 aromatic carbocycles. The molecule has 4 rings (SSSR count). The van der Waals surface area contributed by atoms with Crippen molar-refractivity contribution in [3.8, 4) is 11.3 Å². The van der Waals surface area contributed by atoms with Crippen LogP contribution in [-0.4, -0.2) is 0 Å². The molecule has 1 aromatic heterocycles. The Morgan fingerprint density at radius 2 is 1.50 bits per heavy atom. The summed E-state index contributed by atoms with van der Waals surface area (Å²) >= 11 is 12.1. The summed E-state index contributed by atoms with van der Waals surface area (Å²) in [5.41, 5.74) is 2.85. The van der Waals surface area contributed by atoms with E-state index >= 15 is 0 Å². The Morgan fingerprint density at radius 1 is 0.769 bits per heavy atom. The summed E-state index contributed by atoms with van der Waals surface area (Å²) in [6.45, 7) is 0.553. The number of hydrogen-bond donors (Lipinski definition) is 0. The molecule has 4 aromatic rings. The summed E-state index contributed by atoms with van der Waals surface area (Å²) in [5.74, 6) is 0.773. The summed E-state index contributed by atoms with van der Waals surface area (Å²) in [6.07, 6.45) is 0. The van der Waals surface area contributed by atoms with E-state index in [2.05, 4.69) is 0 Å². The zero-order chi connectivity index (χ0) is 17.9. The van der Waals surface area contributed by atoms with Crippen LogP contribution < -0.4 is 5.36 Å². The second-order valence-electron chi connectivity index (χ2n) is 5.95. The van der Waals surface area contributed by atoms with Crippen LogP contribution in [0.2, 0.25) is 10.0 Å². The third-order valence-electron chi connectivity index (χ3n) is 4.11. The number of hydrogen-bond acceptors (Lipinski definition) is 2. The van der Waals surface area contributed by atoms with E-state index in [-0.39, 0.29) is 0 Å². The molecule has 0 radical (unpaired) electrons. The van der Waals surface area contributed by atoms with Crippen molar-refractivity contribution in [2.75, 3.05) is 0 Å². The van der Waals surface area contributed by atoms with Gasteiger partial charge in [0.25, 0.3) is 0 Å². The molecule has 0 atom stereocenters. The zero-order valence-corrected chi connectivity index (χ0v) is 15.3. The van der Waals surface area contributed by atoms with Gasteiger partial charge in [-0.2, -0.15) is 0 Å². The fraction of sp³-hybridized carbons (Fsp3) is 0.0455. The first kappa shape index (κ1) is 16.9. The lowest BCUT2D eigenvalue weighted by Gasteiger charge is -2.06. The molecule has 0 saturated heterocycles. The fourth-order valence-corrected chi connectivity index (χ4v) is 3.08. The first-order chi connectivity index (χ1) is 12.7. The van der Waals surface area contributed by atoms with Gasteiger partial charge in [0.15, 0.2) is 0 Å². The fourth-order valence-electron chi connectivity index (χ4n) is 2.78. The average Bonchev–Trinajstić information content (AvgIpc) is 2.68. The highest BCUT2D eigenvalue weighted by atomic mass is 35.5. The highest BCUT2D eigenvalue weighted by Gasteiger charge is 2.06. The van der Waals surface area contributed by atoms with E-state index in [0.717, 1.165) is 38.2 Å². The molecule has 0 amide bonds. The molecular formula is C22H15Cl2NO. The Labute approximate surface area is 161 Å². The third kappa shape index (κ3) is 3.67. The zero-order valence-electron chi connectivity index (χ0n) is 13.8. The lowest BCUT2D eigenvalue weighted by molar-refractivity contribution is 0.618. The van der Waals surface area contributed by atoms with E-state index < -0.39 is 0 Å². The minimum Gasteiger partial charge on any atom is -0.456 e. The second kappa shape index (κ2) is 7.36. The van der Waals surface area contributed by atoms with Crippen molar-refractivity contribution in [1.29, 1.82) is 0 Å². The number of benzene rings is 3. The SMILES string of the molecule is Clc1ccc(CN=c2cc(-c3ccccc3)oc3ccc(Cl)cc23)cc1.